The third-order valence-electron chi connectivity index (χ3n) is 3.21. The molecule has 1 aliphatic rings. The van der Waals surface area contributed by atoms with Gasteiger partial charge in [0.05, 0.1) is 7.11 Å². The molecule has 1 aromatic carbocycles. The average Bonchev–Trinajstić information content (AvgIpc) is 2.38. The van der Waals surface area contributed by atoms with Crippen molar-refractivity contribution in [3.05, 3.63) is 29.8 Å². The highest BCUT2D eigenvalue weighted by molar-refractivity contribution is 5.94. The highest BCUT2D eigenvalue weighted by Crippen LogP contribution is 2.13. The highest BCUT2D eigenvalue weighted by Gasteiger charge is 2.16. The van der Waals surface area contributed by atoms with Gasteiger partial charge in [0.1, 0.15) is 5.75 Å². The van der Waals surface area contributed by atoms with Gasteiger partial charge in [0.25, 0.3) is 5.91 Å². The van der Waals surface area contributed by atoms with E-state index in [1.807, 2.05) is 29.2 Å². The molecule has 98 valence electrons. The number of rotatable bonds is 2. The smallest absolute Gasteiger partial charge is 0.253 e. The molecule has 1 heterocycles. The molecular formula is C14H20N2O2. The van der Waals surface area contributed by atoms with Gasteiger partial charge in [0.2, 0.25) is 0 Å². The van der Waals surface area contributed by atoms with Crippen LogP contribution >= 0.6 is 0 Å². The number of nitrogens with zero attached hydrogens (tertiary/aromatic N) is 1. The third kappa shape index (κ3) is 3.23. The number of benzene rings is 1. The van der Waals surface area contributed by atoms with Gasteiger partial charge in [-0.05, 0) is 43.7 Å². The molecular weight excluding hydrogens is 228 g/mol. The van der Waals surface area contributed by atoms with Crippen molar-refractivity contribution in [1.29, 1.82) is 0 Å². The van der Waals surface area contributed by atoms with Gasteiger partial charge >= 0.3 is 0 Å². The molecule has 1 aliphatic heterocycles. The zero-order valence-corrected chi connectivity index (χ0v) is 10.8. The summed E-state index contributed by atoms with van der Waals surface area (Å²) in [6, 6.07) is 7.31. The monoisotopic (exact) mass is 248 g/mol. The Morgan fingerprint density at radius 2 is 1.94 bits per heavy atom. The Kier molecular flexibility index (Phi) is 4.59. The molecule has 0 unspecified atom stereocenters. The van der Waals surface area contributed by atoms with Gasteiger partial charge in [0.15, 0.2) is 0 Å². The average molecular weight is 248 g/mol. The van der Waals surface area contributed by atoms with Crippen LogP contribution in [0, 0.1) is 0 Å². The summed E-state index contributed by atoms with van der Waals surface area (Å²) in [5, 5.41) is 3.33. The van der Waals surface area contributed by atoms with E-state index in [1.54, 1.807) is 7.11 Å². The van der Waals surface area contributed by atoms with E-state index >= 15 is 0 Å². The van der Waals surface area contributed by atoms with Gasteiger partial charge < -0.3 is 15.0 Å². The summed E-state index contributed by atoms with van der Waals surface area (Å²) in [4.78, 5) is 14.2. The minimum Gasteiger partial charge on any atom is -0.497 e. The number of amides is 1. The second kappa shape index (κ2) is 6.40. The lowest BCUT2D eigenvalue weighted by Crippen LogP contribution is -2.39. The zero-order valence-electron chi connectivity index (χ0n) is 10.8. The van der Waals surface area contributed by atoms with Crippen LogP contribution in [0.1, 0.15) is 23.2 Å². The molecule has 0 bridgehead atoms. The summed E-state index contributed by atoms with van der Waals surface area (Å²) in [7, 11) is 1.63. The van der Waals surface area contributed by atoms with Crippen molar-refractivity contribution in [2.24, 2.45) is 0 Å². The van der Waals surface area contributed by atoms with E-state index < -0.39 is 0 Å². The van der Waals surface area contributed by atoms with Crippen molar-refractivity contribution in [2.45, 2.75) is 12.8 Å². The number of methoxy groups -OCH3 is 1. The molecule has 18 heavy (non-hydrogen) atoms. The molecule has 1 N–H and O–H groups in total. The number of hydrogen-bond donors (Lipinski definition) is 1. The van der Waals surface area contributed by atoms with E-state index in [1.165, 1.54) is 0 Å². The maximum atomic E-state index is 12.3. The van der Waals surface area contributed by atoms with Gasteiger partial charge in [-0.2, -0.15) is 0 Å². The van der Waals surface area contributed by atoms with Crippen molar-refractivity contribution in [3.8, 4) is 5.75 Å². The lowest BCUT2D eigenvalue weighted by Gasteiger charge is -2.25. The van der Waals surface area contributed by atoms with E-state index in [-0.39, 0.29) is 5.91 Å². The van der Waals surface area contributed by atoms with Gasteiger partial charge in [-0.3, -0.25) is 4.79 Å². The first-order chi connectivity index (χ1) is 8.81. The lowest BCUT2D eigenvalue weighted by molar-refractivity contribution is 0.0748. The van der Waals surface area contributed by atoms with Gasteiger partial charge in [-0.15, -0.1) is 0 Å². The molecule has 2 rings (SSSR count). The van der Waals surface area contributed by atoms with Crippen LogP contribution in [-0.2, 0) is 0 Å². The molecule has 1 fully saturated rings. The Morgan fingerprint density at radius 1 is 1.17 bits per heavy atom. The first-order valence-electron chi connectivity index (χ1n) is 6.45. The molecule has 1 saturated heterocycles. The summed E-state index contributed by atoms with van der Waals surface area (Å²) in [5.74, 6) is 0.891. The molecule has 0 aromatic heterocycles. The van der Waals surface area contributed by atoms with Crippen LogP contribution in [0.3, 0.4) is 0 Å². The minimum absolute atomic E-state index is 0.112. The Balaban J connectivity index is 2.03. The summed E-state index contributed by atoms with van der Waals surface area (Å²) in [6.07, 6.45) is 2.20. The third-order valence-corrected chi connectivity index (χ3v) is 3.21. The van der Waals surface area contributed by atoms with Crippen molar-refractivity contribution in [2.75, 3.05) is 33.3 Å². The standard InChI is InChI=1S/C14H20N2O2/c1-18-13-6-4-12(5-7-13)14(17)16-10-3-2-8-15-9-11-16/h4-7,15H,2-3,8-11H2,1H3. The molecule has 0 aliphatic carbocycles. The van der Waals surface area contributed by atoms with E-state index in [4.69, 9.17) is 4.74 Å². The second-order valence-electron chi connectivity index (χ2n) is 4.48. The van der Waals surface area contributed by atoms with Crippen molar-refractivity contribution < 1.29 is 9.53 Å². The number of ether oxygens (including phenoxy) is 1. The van der Waals surface area contributed by atoms with E-state index in [2.05, 4.69) is 5.32 Å². The molecule has 0 radical (unpaired) electrons. The zero-order chi connectivity index (χ0) is 12.8. The Hall–Kier alpha value is -1.55. The van der Waals surface area contributed by atoms with E-state index in [9.17, 15) is 4.79 Å². The molecule has 0 spiro atoms. The molecule has 4 heteroatoms. The fourth-order valence-electron chi connectivity index (χ4n) is 2.12. The van der Waals surface area contributed by atoms with Crippen LogP contribution in [0.15, 0.2) is 24.3 Å². The first-order valence-corrected chi connectivity index (χ1v) is 6.45. The fourth-order valence-corrected chi connectivity index (χ4v) is 2.12. The van der Waals surface area contributed by atoms with Crippen LogP contribution in [0.5, 0.6) is 5.75 Å². The number of carbonyl (C=O) groups excluding carboxylic acids is 1. The SMILES string of the molecule is COc1ccc(C(=O)N2CCCCNCC2)cc1. The largest absolute Gasteiger partial charge is 0.497 e. The quantitative estimate of drug-likeness (QED) is 0.863. The summed E-state index contributed by atoms with van der Waals surface area (Å²) in [5.41, 5.74) is 0.733. The fraction of sp³-hybridized carbons (Fsp3) is 0.500. The van der Waals surface area contributed by atoms with Crippen molar-refractivity contribution >= 4 is 5.91 Å². The first kappa shape index (κ1) is 12.9. The van der Waals surface area contributed by atoms with Crippen LogP contribution in [0.2, 0.25) is 0 Å². The topological polar surface area (TPSA) is 41.6 Å². The van der Waals surface area contributed by atoms with Crippen LogP contribution in [-0.4, -0.2) is 44.1 Å². The summed E-state index contributed by atoms with van der Waals surface area (Å²) >= 11 is 0. The van der Waals surface area contributed by atoms with Gasteiger partial charge in [-0.1, -0.05) is 0 Å². The van der Waals surface area contributed by atoms with Gasteiger partial charge in [-0.25, -0.2) is 0 Å². The van der Waals surface area contributed by atoms with E-state index in [0.717, 1.165) is 50.3 Å². The van der Waals surface area contributed by atoms with Crippen molar-refractivity contribution in [3.63, 3.8) is 0 Å². The number of hydrogen-bond acceptors (Lipinski definition) is 3. The molecule has 1 aromatic rings. The highest BCUT2D eigenvalue weighted by atomic mass is 16.5. The Morgan fingerprint density at radius 3 is 2.67 bits per heavy atom. The van der Waals surface area contributed by atoms with Crippen LogP contribution in [0.4, 0.5) is 0 Å². The van der Waals surface area contributed by atoms with E-state index in [0.29, 0.717) is 0 Å². The van der Waals surface area contributed by atoms with Gasteiger partial charge in [0, 0.05) is 25.2 Å². The molecule has 0 saturated carbocycles. The summed E-state index contributed by atoms with van der Waals surface area (Å²) < 4.78 is 5.10. The summed E-state index contributed by atoms with van der Waals surface area (Å²) in [6.45, 7) is 3.57. The lowest BCUT2D eigenvalue weighted by atomic mass is 10.1. The molecule has 4 nitrogen and oxygen atoms in total. The maximum absolute atomic E-state index is 12.3. The van der Waals surface area contributed by atoms with Crippen LogP contribution < -0.4 is 10.1 Å². The number of nitrogens with one attached hydrogen (secondary N) is 1. The normalized spacial score (nSPS) is 16.8. The second-order valence-corrected chi connectivity index (χ2v) is 4.48. The van der Waals surface area contributed by atoms with Crippen LogP contribution in [0.25, 0.3) is 0 Å². The maximum Gasteiger partial charge on any atom is 0.253 e. The number of carbonyl (C=O) groups is 1. The predicted molar refractivity (Wildman–Crippen MR) is 71.0 cm³/mol. The Labute approximate surface area is 108 Å². The molecule has 0 atom stereocenters. The Bertz CT molecular complexity index is 381. The minimum atomic E-state index is 0.112. The van der Waals surface area contributed by atoms with Crippen molar-refractivity contribution in [1.82, 2.24) is 10.2 Å². The molecule has 1 amide bonds. The predicted octanol–water partition coefficient (Wildman–Crippen LogP) is 1.52.